The molecule has 2 rings (SSSR count). The van der Waals surface area contributed by atoms with E-state index in [9.17, 15) is 68.3 Å². The Bertz CT molecular complexity index is 2730. The standard InChI is InChI=1S/C94H178N2O26P2/c1-7-13-19-25-31-37-43-49-55-61-75(98)69-81(100)95-87-91(120-85(104)70-76(99)62-56-50-44-38-32-26-20-14-8-2)89(106)80(119-93(87)113-67-68-115-123(107,108)109)74-114-94-88(96-82(101)71-77(63-57-51-45-39-33-27-21-15-9-3)116-83(102)65-59-53-47-41-35-29-23-17-11-5)92(90(79(73-97)118-94)122-124(110,111)112)121-86(105)72-78(64-58-52-46-40-34-28-22-16-10-4)117-84(103)66-60-54-48-42-36-30-24-18-12-6/h75-80,87-94,97-99,106H,7-74H2,1-6H3,(H,95,100)(H,96,101)(H2,107,108,109)(H2,110,111,112)/t75-,76-,77-,78-,79-,80-,87-,88-,89-,90-,91-,92-,93-,94-/m1/s1. The summed E-state index contributed by atoms with van der Waals surface area (Å²) in [5.74, 6) is -4.80. The minimum absolute atomic E-state index is 0.0826. The highest BCUT2D eigenvalue weighted by Crippen LogP contribution is 2.43. The van der Waals surface area contributed by atoms with E-state index in [-0.39, 0.29) is 38.5 Å². The van der Waals surface area contributed by atoms with Gasteiger partial charge in [-0.25, -0.2) is 9.13 Å². The first-order valence-corrected chi connectivity index (χ1v) is 52.9. The summed E-state index contributed by atoms with van der Waals surface area (Å²) < 4.78 is 85.3. The lowest BCUT2D eigenvalue weighted by molar-refractivity contribution is -0.305. The van der Waals surface area contributed by atoms with Gasteiger partial charge >= 0.3 is 39.5 Å². The van der Waals surface area contributed by atoms with Crippen molar-refractivity contribution < 1.29 is 125 Å². The second-order valence-electron chi connectivity index (χ2n) is 35.4. The van der Waals surface area contributed by atoms with Crippen LogP contribution in [0.15, 0.2) is 0 Å². The van der Waals surface area contributed by atoms with E-state index in [2.05, 4.69) is 52.2 Å². The number of esters is 4. The van der Waals surface area contributed by atoms with E-state index in [1.165, 1.54) is 51.4 Å². The lowest BCUT2D eigenvalue weighted by Gasteiger charge is -2.47. The maximum absolute atomic E-state index is 15.2. The van der Waals surface area contributed by atoms with Gasteiger partial charge in [-0.05, 0) is 51.4 Å². The van der Waals surface area contributed by atoms with Crippen LogP contribution in [0.25, 0.3) is 0 Å². The fourth-order valence-corrected chi connectivity index (χ4v) is 17.4. The molecule has 2 fully saturated rings. The van der Waals surface area contributed by atoms with Crippen molar-refractivity contribution in [2.75, 3.05) is 26.4 Å². The first kappa shape index (κ1) is 117. The third-order valence-corrected chi connectivity index (χ3v) is 24.8. The van der Waals surface area contributed by atoms with Crippen LogP contribution >= 0.6 is 15.6 Å². The SMILES string of the molecule is CCCCCCCCCCCC(=O)O[C@H](CCCCCCCCCCC)CC(=O)N[C@H]1[C@H](OC[C@H]2O[C@@H](OCCOP(=O)(O)O)[C@H](NC(=O)C[C@H](O)CCCCCCCCCCC)[C@@H](OC(=O)C[C@H](O)CCCCCCCCCCC)[C@@H]2O)O[C@H](CO)[C@@H](OP(=O)(O)O)[C@@H]1OC(=O)C[C@@H](CCCCCCCCCCC)OC(=O)CCCCCCCCCCC. The summed E-state index contributed by atoms with van der Waals surface area (Å²) in [7, 11) is -10.8. The predicted octanol–water partition coefficient (Wildman–Crippen LogP) is 19.8. The van der Waals surface area contributed by atoms with Crippen LogP contribution in [0.2, 0.25) is 0 Å². The smallest absolute Gasteiger partial charge is 0.462 e. The van der Waals surface area contributed by atoms with E-state index in [0.717, 1.165) is 257 Å². The van der Waals surface area contributed by atoms with Gasteiger partial charge in [0.15, 0.2) is 24.8 Å². The molecule has 0 aliphatic carbocycles. The van der Waals surface area contributed by atoms with Gasteiger partial charge in [0.2, 0.25) is 11.8 Å². The average molecular weight is 1810 g/mol. The Morgan fingerprint density at radius 2 is 0.661 bits per heavy atom. The lowest BCUT2D eigenvalue weighted by atomic mass is 9.95. The van der Waals surface area contributed by atoms with E-state index >= 15 is 9.59 Å². The van der Waals surface area contributed by atoms with Crippen molar-refractivity contribution in [2.24, 2.45) is 0 Å². The number of nitrogens with one attached hydrogen (secondary N) is 2. The van der Waals surface area contributed by atoms with Crippen LogP contribution in [0.5, 0.6) is 0 Å². The highest BCUT2D eigenvalue weighted by atomic mass is 31.2. The number of aliphatic hydroxyl groups is 4. The van der Waals surface area contributed by atoms with E-state index in [4.69, 9.17) is 46.9 Å². The lowest BCUT2D eigenvalue weighted by Crippen LogP contribution is -2.68. The molecule has 0 bridgehead atoms. The maximum atomic E-state index is 15.2. The highest BCUT2D eigenvalue weighted by molar-refractivity contribution is 7.46. The number of rotatable bonds is 85. The van der Waals surface area contributed by atoms with Crippen molar-refractivity contribution in [1.29, 1.82) is 0 Å². The first-order chi connectivity index (χ1) is 59.8. The second kappa shape index (κ2) is 76.3. The topological polar surface area (TPSA) is 415 Å². The van der Waals surface area contributed by atoms with E-state index in [1.54, 1.807) is 0 Å². The maximum Gasteiger partial charge on any atom is 0.470 e. The molecule has 2 aliphatic rings. The number of aliphatic hydroxyl groups excluding tert-OH is 4. The Kier molecular flexibility index (Phi) is 71.9. The molecule has 124 heavy (non-hydrogen) atoms. The monoisotopic (exact) mass is 1810 g/mol. The van der Waals surface area contributed by atoms with Crippen molar-refractivity contribution in [2.45, 2.75) is 538 Å². The average Bonchev–Trinajstić information content (AvgIpc) is 0.726. The number of hydrogen-bond donors (Lipinski definition) is 10. The summed E-state index contributed by atoms with van der Waals surface area (Å²) in [6.07, 6.45) is 33.1. The fourth-order valence-electron chi connectivity index (χ4n) is 16.5. The quantitative estimate of drug-likeness (QED) is 0.0117. The molecule has 0 radical (unpaired) electrons. The van der Waals surface area contributed by atoms with E-state index < -0.39 is 189 Å². The molecule has 0 aromatic rings. The van der Waals surface area contributed by atoms with Crippen molar-refractivity contribution in [3.05, 3.63) is 0 Å². The molecule has 2 aliphatic heterocycles. The summed E-state index contributed by atoms with van der Waals surface area (Å²) in [6.45, 7) is 9.59. The van der Waals surface area contributed by atoms with Gasteiger partial charge in [0.1, 0.15) is 48.7 Å². The Balaban J connectivity index is 2.89. The summed E-state index contributed by atoms with van der Waals surface area (Å²) in [6, 6.07) is -3.56. The van der Waals surface area contributed by atoms with Crippen LogP contribution in [0.1, 0.15) is 452 Å². The number of hydrogen-bond acceptors (Lipinski definition) is 22. The predicted molar refractivity (Wildman–Crippen MR) is 482 cm³/mol. The minimum atomic E-state index is -5.68. The van der Waals surface area contributed by atoms with Gasteiger partial charge < -0.3 is 88.5 Å². The van der Waals surface area contributed by atoms with E-state index in [1.807, 2.05) is 0 Å². The van der Waals surface area contributed by atoms with Gasteiger partial charge in [0, 0.05) is 12.8 Å². The molecule has 730 valence electrons. The molecule has 0 saturated carbocycles. The van der Waals surface area contributed by atoms with Gasteiger partial charge in [-0.3, -0.25) is 37.8 Å². The zero-order chi connectivity index (χ0) is 91.1. The molecule has 0 spiro atoms. The number of carbonyl (C=O) groups is 6. The third kappa shape index (κ3) is 62.1. The molecule has 0 aromatic heterocycles. The summed E-state index contributed by atoms with van der Waals surface area (Å²) >= 11 is 0. The van der Waals surface area contributed by atoms with Crippen molar-refractivity contribution >= 4 is 51.3 Å². The van der Waals surface area contributed by atoms with Gasteiger partial charge in [-0.2, -0.15) is 0 Å². The molecule has 0 unspecified atom stereocenters. The van der Waals surface area contributed by atoms with Crippen LogP contribution < -0.4 is 10.6 Å². The zero-order valence-corrected chi connectivity index (χ0v) is 79.8. The Labute approximate surface area is 747 Å². The Morgan fingerprint density at radius 1 is 0.347 bits per heavy atom. The van der Waals surface area contributed by atoms with Gasteiger partial charge in [0.05, 0.1) is 64.3 Å². The Hall–Kier alpha value is -3.28. The van der Waals surface area contributed by atoms with Crippen LogP contribution in [0, 0.1) is 0 Å². The summed E-state index contributed by atoms with van der Waals surface area (Å²) in [5.41, 5.74) is 0. The summed E-state index contributed by atoms with van der Waals surface area (Å²) in [5, 5.41) is 52.1. The molecule has 10 N–H and O–H groups in total. The number of phosphoric ester groups is 2. The Morgan fingerprint density at radius 3 is 1.04 bits per heavy atom. The van der Waals surface area contributed by atoms with Crippen LogP contribution in [-0.4, -0.2) is 188 Å². The molecular formula is C94H178N2O26P2. The number of phosphoric acid groups is 2. The fraction of sp³-hybridized carbons (Fsp3) is 0.936. The van der Waals surface area contributed by atoms with Crippen LogP contribution in [0.4, 0.5) is 0 Å². The largest absolute Gasteiger partial charge is 0.470 e. The third-order valence-electron chi connectivity index (χ3n) is 23.7. The van der Waals surface area contributed by atoms with Gasteiger partial charge in [-0.15, -0.1) is 0 Å². The number of amides is 2. The molecule has 30 heteroatoms. The molecule has 14 atom stereocenters. The van der Waals surface area contributed by atoms with Gasteiger partial charge in [-0.1, -0.05) is 363 Å². The highest BCUT2D eigenvalue weighted by Gasteiger charge is 2.54. The zero-order valence-electron chi connectivity index (χ0n) is 78.0. The van der Waals surface area contributed by atoms with Crippen molar-refractivity contribution in [1.82, 2.24) is 10.6 Å². The van der Waals surface area contributed by atoms with E-state index in [0.29, 0.717) is 38.5 Å². The van der Waals surface area contributed by atoms with Crippen LogP contribution in [-0.2, 0) is 84.8 Å². The molecule has 0 aromatic carbocycles. The first-order valence-electron chi connectivity index (χ1n) is 49.8. The number of unbranched alkanes of at least 4 members (excludes halogenated alkanes) is 48. The summed E-state index contributed by atoms with van der Waals surface area (Å²) in [4.78, 5) is 127. The number of ether oxygens (including phenoxy) is 8. The molecular weight excluding hydrogens is 1630 g/mol. The minimum Gasteiger partial charge on any atom is -0.462 e. The normalized spacial score (nSPS) is 20.3. The molecule has 2 heterocycles. The molecule has 2 saturated heterocycles. The second-order valence-corrected chi connectivity index (χ2v) is 37.8. The van der Waals surface area contributed by atoms with Crippen molar-refractivity contribution in [3.63, 3.8) is 0 Å². The number of carbonyl (C=O) groups excluding carboxylic acids is 6. The molecule has 28 nitrogen and oxygen atoms in total. The molecule has 2 amide bonds. The van der Waals surface area contributed by atoms with Crippen molar-refractivity contribution in [3.8, 4) is 0 Å². The van der Waals surface area contributed by atoms with Crippen LogP contribution in [0.3, 0.4) is 0 Å². The van der Waals surface area contributed by atoms with Gasteiger partial charge in [0.25, 0.3) is 0 Å².